The third kappa shape index (κ3) is 6.32. The van der Waals surface area contributed by atoms with Crippen molar-refractivity contribution in [3.63, 3.8) is 0 Å². The first-order chi connectivity index (χ1) is 12.2. The second-order valence-electron chi connectivity index (χ2n) is 6.60. The van der Waals surface area contributed by atoms with Crippen LogP contribution in [0.2, 0.25) is 0 Å². The molecule has 1 fully saturated rings. The third-order valence-electron chi connectivity index (χ3n) is 4.64. The summed E-state index contributed by atoms with van der Waals surface area (Å²) in [5, 5.41) is 7.61. The van der Waals surface area contributed by atoms with E-state index in [1.54, 1.807) is 0 Å². The van der Waals surface area contributed by atoms with Crippen LogP contribution in [0.3, 0.4) is 0 Å². The van der Waals surface area contributed by atoms with Crippen molar-refractivity contribution in [2.24, 2.45) is 4.99 Å². The molecule has 0 amide bonds. The zero-order chi connectivity index (χ0) is 18.1. The Bertz CT molecular complexity index is 521. The van der Waals surface area contributed by atoms with Gasteiger partial charge in [0.05, 0.1) is 5.69 Å². The Morgan fingerprint density at radius 1 is 1.28 bits per heavy atom. The lowest BCUT2D eigenvalue weighted by atomic mass is 10.3. The van der Waals surface area contributed by atoms with Crippen LogP contribution in [0.25, 0.3) is 0 Å². The summed E-state index contributed by atoms with van der Waals surface area (Å²) in [7, 11) is 1.87. The number of piperazine rings is 1. The smallest absolute Gasteiger partial charge is 0.193 e. The number of guanidine groups is 1. The number of hydrogen-bond acceptors (Lipinski definition) is 5. The van der Waals surface area contributed by atoms with Gasteiger partial charge in [-0.25, -0.2) is 0 Å². The van der Waals surface area contributed by atoms with Gasteiger partial charge in [-0.2, -0.15) is 0 Å². The van der Waals surface area contributed by atoms with Crippen molar-refractivity contribution < 1.29 is 4.52 Å². The predicted molar refractivity (Wildman–Crippen MR) is 102 cm³/mol. The fourth-order valence-corrected chi connectivity index (χ4v) is 3.24. The van der Waals surface area contributed by atoms with Gasteiger partial charge in [0.15, 0.2) is 5.96 Å². The van der Waals surface area contributed by atoms with Crippen molar-refractivity contribution >= 4 is 5.96 Å². The molecule has 0 aromatic carbocycles. The molecule has 1 aromatic heterocycles. The van der Waals surface area contributed by atoms with Crippen molar-refractivity contribution in [1.29, 1.82) is 0 Å². The first-order valence-electron chi connectivity index (χ1n) is 9.48. The molecule has 0 aliphatic carbocycles. The number of aliphatic imine (C=N–C) groups is 1. The standard InChI is InChI=1S/C18H34N6O/c1-5-8-22(6-2)9-7-20-18(19-4)24-12-10-23(11-13-24)15-17-14-16(3)25-21-17/h14H,5-13,15H2,1-4H3,(H,19,20). The fourth-order valence-electron chi connectivity index (χ4n) is 3.24. The quantitative estimate of drug-likeness (QED) is 0.565. The summed E-state index contributed by atoms with van der Waals surface area (Å²) in [6.45, 7) is 15.5. The maximum absolute atomic E-state index is 5.15. The van der Waals surface area contributed by atoms with Gasteiger partial charge in [0.1, 0.15) is 5.76 Å². The zero-order valence-corrected chi connectivity index (χ0v) is 16.3. The van der Waals surface area contributed by atoms with Crippen LogP contribution < -0.4 is 5.32 Å². The SMILES string of the molecule is CCCN(CC)CCNC(=NC)N1CCN(Cc2cc(C)on2)CC1. The molecule has 2 heterocycles. The minimum atomic E-state index is 0.861. The van der Waals surface area contributed by atoms with Crippen LogP contribution in [0.4, 0.5) is 0 Å². The number of aryl methyl sites for hydroxylation is 1. The van der Waals surface area contributed by atoms with E-state index < -0.39 is 0 Å². The average Bonchev–Trinajstić information content (AvgIpc) is 3.03. The van der Waals surface area contributed by atoms with Gasteiger partial charge in [0.25, 0.3) is 0 Å². The molecule has 1 N–H and O–H groups in total. The van der Waals surface area contributed by atoms with Crippen molar-refractivity contribution in [3.05, 3.63) is 17.5 Å². The zero-order valence-electron chi connectivity index (χ0n) is 16.3. The normalized spacial score (nSPS) is 16.7. The molecule has 0 radical (unpaired) electrons. The van der Waals surface area contributed by atoms with E-state index in [2.05, 4.69) is 44.0 Å². The molecule has 7 nitrogen and oxygen atoms in total. The summed E-state index contributed by atoms with van der Waals surface area (Å²) in [5.74, 6) is 1.90. The highest BCUT2D eigenvalue weighted by atomic mass is 16.5. The Hall–Kier alpha value is -1.60. The highest BCUT2D eigenvalue weighted by Gasteiger charge is 2.20. The number of hydrogen-bond donors (Lipinski definition) is 1. The molecule has 1 aliphatic heterocycles. The summed E-state index contributed by atoms with van der Waals surface area (Å²) >= 11 is 0. The molecule has 25 heavy (non-hydrogen) atoms. The lowest BCUT2D eigenvalue weighted by molar-refractivity contribution is 0.168. The molecule has 1 saturated heterocycles. The maximum Gasteiger partial charge on any atom is 0.193 e. The highest BCUT2D eigenvalue weighted by molar-refractivity contribution is 5.80. The maximum atomic E-state index is 5.15. The first kappa shape index (κ1) is 19.7. The van der Waals surface area contributed by atoms with Crippen molar-refractivity contribution in [1.82, 2.24) is 25.2 Å². The second-order valence-corrected chi connectivity index (χ2v) is 6.60. The molecule has 0 saturated carbocycles. The van der Waals surface area contributed by atoms with Gasteiger partial charge in [0.2, 0.25) is 0 Å². The summed E-state index contributed by atoms with van der Waals surface area (Å²) in [5.41, 5.74) is 1.02. The lowest BCUT2D eigenvalue weighted by Crippen LogP contribution is -2.53. The average molecular weight is 351 g/mol. The van der Waals surface area contributed by atoms with E-state index in [4.69, 9.17) is 4.52 Å². The predicted octanol–water partition coefficient (Wildman–Crippen LogP) is 1.41. The van der Waals surface area contributed by atoms with Crippen LogP contribution in [-0.4, -0.2) is 85.2 Å². The van der Waals surface area contributed by atoms with Crippen molar-refractivity contribution in [2.75, 3.05) is 59.4 Å². The Kier molecular flexibility index (Phi) is 8.21. The third-order valence-corrected chi connectivity index (χ3v) is 4.64. The van der Waals surface area contributed by atoms with Crippen molar-refractivity contribution in [2.45, 2.75) is 33.7 Å². The Morgan fingerprint density at radius 2 is 2.04 bits per heavy atom. The summed E-state index contributed by atoms with van der Waals surface area (Å²) in [4.78, 5) is 11.7. The van der Waals surface area contributed by atoms with E-state index in [1.165, 1.54) is 6.42 Å². The largest absolute Gasteiger partial charge is 0.361 e. The molecule has 2 rings (SSSR count). The van der Waals surface area contributed by atoms with E-state index in [0.717, 1.165) is 76.3 Å². The second kappa shape index (κ2) is 10.4. The Balaban J connectivity index is 1.72. The molecule has 142 valence electrons. The molecule has 0 spiro atoms. The van der Waals surface area contributed by atoms with Gasteiger partial charge in [-0.15, -0.1) is 0 Å². The van der Waals surface area contributed by atoms with E-state index in [1.807, 2.05) is 20.0 Å². The van der Waals surface area contributed by atoms with E-state index >= 15 is 0 Å². The Labute approximate surface area is 152 Å². The first-order valence-corrected chi connectivity index (χ1v) is 9.48. The summed E-state index contributed by atoms with van der Waals surface area (Å²) < 4.78 is 5.15. The molecule has 7 heteroatoms. The van der Waals surface area contributed by atoms with Crippen LogP contribution in [0.1, 0.15) is 31.7 Å². The van der Waals surface area contributed by atoms with E-state index in [9.17, 15) is 0 Å². The minimum absolute atomic E-state index is 0.861. The lowest BCUT2D eigenvalue weighted by Gasteiger charge is -2.36. The van der Waals surface area contributed by atoms with Crippen LogP contribution in [0.15, 0.2) is 15.6 Å². The Morgan fingerprint density at radius 3 is 2.60 bits per heavy atom. The number of nitrogens with one attached hydrogen (secondary N) is 1. The number of nitrogens with zero attached hydrogens (tertiary/aromatic N) is 5. The van der Waals surface area contributed by atoms with Crippen molar-refractivity contribution in [3.8, 4) is 0 Å². The van der Waals surface area contributed by atoms with Gasteiger partial charge in [-0.05, 0) is 26.4 Å². The number of rotatable bonds is 8. The summed E-state index contributed by atoms with van der Waals surface area (Å²) in [6.07, 6.45) is 1.20. The molecule has 0 atom stereocenters. The molecule has 1 aromatic rings. The molecule has 0 bridgehead atoms. The highest BCUT2D eigenvalue weighted by Crippen LogP contribution is 2.09. The number of aromatic nitrogens is 1. The summed E-state index contributed by atoms with van der Waals surface area (Å²) in [6, 6.07) is 2.02. The van der Waals surface area contributed by atoms with Crippen LogP contribution in [-0.2, 0) is 6.54 Å². The topological polar surface area (TPSA) is 60.1 Å². The number of likely N-dealkylation sites (N-methyl/N-ethyl adjacent to an activating group) is 1. The van der Waals surface area contributed by atoms with Gasteiger partial charge >= 0.3 is 0 Å². The van der Waals surface area contributed by atoms with Gasteiger partial charge in [-0.3, -0.25) is 9.89 Å². The monoisotopic (exact) mass is 350 g/mol. The van der Waals surface area contributed by atoms with Gasteiger partial charge in [-0.1, -0.05) is 19.0 Å². The van der Waals surface area contributed by atoms with Crippen LogP contribution >= 0.6 is 0 Å². The van der Waals surface area contributed by atoms with Gasteiger partial charge in [0, 0.05) is 58.9 Å². The van der Waals surface area contributed by atoms with E-state index in [0.29, 0.717) is 0 Å². The molecular weight excluding hydrogens is 316 g/mol. The molecule has 0 unspecified atom stereocenters. The van der Waals surface area contributed by atoms with E-state index in [-0.39, 0.29) is 0 Å². The van der Waals surface area contributed by atoms with Crippen LogP contribution in [0, 0.1) is 6.92 Å². The minimum Gasteiger partial charge on any atom is -0.361 e. The van der Waals surface area contributed by atoms with Crippen LogP contribution in [0.5, 0.6) is 0 Å². The van der Waals surface area contributed by atoms with Gasteiger partial charge < -0.3 is 19.6 Å². The fraction of sp³-hybridized carbons (Fsp3) is 0.778. The molecular formula is C18H34N6O. The molecule has 1 aliphatic rings.